The van der Waals surface area contributed by atoms with E-state index in [9.17, 15) is 18.0 Å². The largest absolute Gasteiger partial charge is 0.417 e. The van der Waals surface area contributed by atoms with Crippen LogP contribution in [-0.2, 0) is 6.18 Å². The highest BCUT2D eigenvalue weighted by Gasteiger charge is 2.35. The first-order valence-corrected chi connectivity index (χ1v) is 4.64. The third kappa shape index (κ3) is 2.95. The van der Waals surface area contributed by atoms with E-state index in [1.165, 1.54) is 0 Å². The van der Waals surface area contributed by atoms with Gasteiger partial charge in [0.1, 0.15) is 0 Å². The Morgan fingerprint density at radius 2 is 2.06 bits per heavy atom. The maximum absolute atomic E-state index is 12.5. The molecule has 0 saturated carbocycles. The fourth-order valence-corrected chi connectivity index (χ4v) is 1.16. The number of pyridine rings is 1. The lowest BCUT2D eigenvalue weighted by molar-refractivity contribution is -0.138. The van der Waals surface area contributed by atoms with Crippen molar-refractivity contribution < 1.29 is 18.0 Å². The van der Waals surface area contributed by atoms with Crippen LogP contribution in [0.25, 0.3) is 0 Å². The Labute approximate surface area is 90.7 Å². The summed E-state index contributed by atoms with van der Waals surface area (Å²) in [5, 5.41) is 2.39. The molecule has 0 aliphatic carbocycles. The summed E-state index contributed by atoms with van der Waals surface area (Å²) in [7, 11) is 0. The van der Waals surface area contributed by atoms with Crippen molar-refractivity contribution in [3.63, 3.8) is 0 Å². The highest BCUT2D eigenvalue weighted by atomic mass is 19.4. The molecular formula is C10H11F3N2O. The fourth-order valence-electron chi connectivity index (χ4n) is 1.16. The molecule has 0 atom stereocenters. The lowest BCUT2D eigenvalue weighted by Gasteiger charge is -2.13. The van der Waals surface area contributed by atoms with Crippen LogP contribution in [0.1, 0.15) is 29.8 Å². The highest BCUT2D eigenvalue weighted by molar-refractivity contribution is 5.95. The van der Waals surface area contributed by atoms with Gasteiger partial charge in [0.25, 0.3) is 5.91 Å². The molecule has 6 heteroatoms. The molecule has 0 aromatic carbocycles. The van der Waals surface area contributed by atoms with E-state index in [1.54, 1.807) is 13.8 Å². The summed E-state index contributed by atoms with van der Waals surface area (Å²) < 4.78 is 37.6. The number of rotatable bonds is 2. The summed E-state index contributed by atoms with van der Waals surface area (Å²) in [5.41, 5.74) is -1.43. The first kappa shape index (κ1) is 12.5. The van der Waals surface area contributed by atoms with Gasteiger partial charge in [-0.1, -0.05) is 0 Å². The molecule has 0 aliphatic rings. The van der Waals surface area contributed by atoms with Crippen LogP contribution in [0.5, 0.6) is 0 Å². The molecular weight excluding hydrogens is 221 g/mol. The summed E-state index contributed by atoms with van der Waals surface area (Å²) in [6.07, 6.45) is -2.62. The normalized spacial score (nSPS) is 11.6. The van der Waals surface area contributed by atoms with Crippen molar-refractivity contribution in [3.8, 4) is 0 Å². The maximum atomic E-state index is 12.5. The van der Waals surface area contributed by atoms with Crippen molar-refractivity contribution in [2.75, 3.05) is 0 Å². The van der Waals surface area contributed by atoms with Gasteiger partial charge in [0.05, 0.1) is 11.1 Å². The van der Waals surface area contributed by atoms with Gasteiger partial charge in [-0.3, -0.25) is 9.78 Å². The molecule has 1 heterocycles. The minimum atomic E-state index is -4.55. The Bertz CT molecular complexity index is 388. The van der Waals surface area contributed by atoms with Gasteiger partial charge in [-0.2, -0.15) is 13.2 Å². The van der Waals surface area contributed by atoms with Gasteiger partial charge < -0.3 is 5.32 Å². The molecule has 0 unspecified atom stereocenters. The van der Waals surface area contributed by atoms with E-state index < -0.39 is 23.2 Å². The van der Waals surface area contributed by atoms with Crippen LogP contribution >= 0.6 is 0 Å². The zero-order chi connectivity index (χ0) is 12.3. The third-order valence-electron chi connectivity index (χ3n) is 1.79. The quantitative estimate of drug-likeness (QED) is 0.849. The Hall–Kier alpha value is -1.59. The monoisotopic (exact) mass is 232 g/mol. The number of hydrogen-bond acceptors (Lipinski definition) is 2. The predicted molar refractivity (Wildman–Crippen MR) is 51.8 cm³/mol. The molecule has 0 radical (unpaired) electrons. The van der Waals surface area contributed by atoms with Gasteiger partial charge in [-0.25, -0.2) is 0 Å². The minimum Gasteiger partial charge on any atom is -0.350 e. The van der Waals surface area contributed by atoms with E-state index >= 15 is 0 Å². The Morgan fingerprint density at radius 3 is 2.56 bits per heavy atom. The van der Waals surface area contributed by atoms with E-state index in [0.717, 1.165) is 18.5 Å². The van der Waals surface area contributed by atoms with Crippen molar-refractivity contribution in [3.05, 3.63) is 29.6 Å². The van der Waals surface area contributed by atoms with E-state index in [4.69, 9.17) is 0 Å². The number of amides is 1. The van der Waals surface area contributed by atoms with Crippen LogP contribution in [0.15, 0.2) is 18.5 Å². The van der Waals surface area contributed by atoms with E-state index in [2.05, 4.69) is 10.3 Å². The van der Waals surface area contributed by atoms with Crippen molar-refractivity contribution in [2.24, 2.45) is 0 Å². The second kappa shape index (κ2) is 4.51. The van der Waals surface area contributed by atoms with Gasteiger partial charge in [0.2, 0.25) is 0 Å². The SMILES string of the molecule is CC(C)NC(=O)c1cnccc1C(F)(F)F. The number of aromatic nitrogens is 1. The molecule has 0 fully saturated rings. The summed E-state index contributed by atoms with van der Waals surface area (Å²) >= 11 is 0. The van der Waals surface area contributed by atoms with Crippen LogP contribution in [-0.4, -0.2) is 16.9 Å². The van der Waals surface area contributed by atoms with Crippen LogP contribution in [0, 0.1) is 0 Å². The van der Waals surface area contributed by atoms with E-state index in [1.807, 2.05) is 0 Å². The van der Waals surface area contributed by atoms with Crippen LogP contribution in [0.2, 0.25) is 0 Å². The Morgan fingerprint density at radius 1 is 1.44 bits per heavy atom. The maximum Gasteiger partial charge on any atom is 0.417 e. The molecule has 1 aromatic heterocycles. The zero-order valence-corrected chi connectivity index (χ0v) is 8.80. The molecule has 1 aromatic rings. The number of hydrogen-bond donors (Lipinski definition) is 1. The van der Waals surface area contributed by atoms with Crippen molar-refractivity contribution >= 4 is 5.91 Å². The number of carbonyl (C=O) groups is 1. The molecule has 3 nitrogen and oxygen atoms in total. The third-order valence-corrected chi connectivity index (χ3v) is 1.79. The highest BCUT2D eigenvalue weighted by Crippen LogP contribution is 2.31. The molecule has 1 amide bonds. The number of halogens is 3. The van der Waals surface area contributed by atoms with E-state index in [-0.39, 0.29) is 6.04 Å². The van der Waals surface area contributed by atoms with Gasteiger partial charge in [-0.15, -0.1) is 0 Å². The van der Waals surface area contributed by atoms with Crippen LogP contribution < -0.4 is 5.32 Å². The smallest absolute Gasteiger partial charge is 0.350 e. The van der Waals surface area contributed by atoms with Crippen molar-refractivity contribution in [2.45, 2.75) is 26.1 Å². The summed E-state index contributed by atoms with van der Waals surface area (Å²) in [5.74, 6) is -0.768. The van der Waals surface area contributed by atoms with Crippen molar-refractivity contribution in [1.29, 1.82) is 0 Å². The van der Waals surface area contributed by atoms with Gasteiger partial charge in [0.15, 0.2) is 0 Å². The molecule has 0 bridgehead atoms. The van der Waals surface area contributed by atoms with Crippen LogP contribution in [0.3, 0.4) is 0 Å². The molecule has 88 valence electrons. The second-order valence-electron chi connectivity index (χ2n) is 3.55. The first-order valence-electron chi connectivity index (χ1n) is 4.64. The predicted octanol–water partition coefficient (Wildman–Crippen LogP) is 2.24. The number of nitrogens with zero attached hydrogens (tertiary/aromatic N) is 1. The first-order chi connectivity index (χ1) is 7.32. The molecule has 0 saturated heterocycles. The Balaban J connectivity index is 3.09. The number of nitrogens with one attached hydrogen (secondary N) is 1. The molecule has 0 aliphatic heterocycles. The molecule has 0 spiro atoms. The second-order valence-corrected chi connectivity index (χ2v) is 3.55. The van der Waals surface area contributed by atoms with E-state index in [0.29, 0.717) is 0 Å². The van der Waals surface area contributed by atoms with Crippen LogP contribution in [0.4, 0.5) is 13.2 Å². The molecule has 1 N–H and O–H groups in total. The van der Waals surface area contributed by atoms with Crippen molar-refractivity contribution in [1.82, 2.24) is 10.3 Å². The minimum absolute atomic E-state index is 0.228. The average Bonchev–Trinajstić information content (AvgIpc) is 2.15. The summed E-state index contributed by atoms with van der Waals surface area (Å²) in [6, 6.07) is 0.559. The Kier molecular flexibility index (Phi) is 3.51. The lowest BCUT2D eigenvalue weighted by atomic mass is 10.1. The number of alkyl halides is 3. The number of carbonyl (C=O) groups excluding carboxylic acids is 1. The topological polar surface area (TPSA) is 42.0 Å². The average molecular weight is 232 g/mol. The van der Waals surface area contributed by atoms with Gasteiger partial charge in [-0.05, 0) is 19.9 Å². The standard InChI is InChI=1S/C10H11F3N2O/c1-6(2)15-9(16)7-5-14-4-3-8(7)10(11,12)13/h3-6H,1-2H3,(H,15,16). The molecule has 16 heavy (non-hydrogen) atoms. The van der Waals surface area contributed by atoms with Gasteiger partial charge >= 0.3 is 6.18 Å². The molecule has 1 rings (SSSR count). The summed E-state index contributed by atoms with van der Waals surface area (Å²) in [4.78, 5) is 15.0. The van der Waals surface area contributed by atoms with Gasteiger partial charge in [0, 0.05) is 18.4 Å². The fraction of sp³-hybridized carbons (Fsp3) is 0.400. The summed E-state index contributed by atoms with van der Waals surface area (Å²) in [6.45, 7) is 3.34. The zero-order valence-electron chi connectivity index (χ0n) is 8.80. The lowest BCUT2D eigenvalue weighted by Crippen LogP contribution is -2.31.